The molecule has 7 heteroatoms. The van der Waals surface area contributed by atoms with Crippen molar-refractivity contribution < 1.29 is 13.7 Å². The molecule has 0 amide bonds. The van der Waals surface area contributed by atoms with Crippen LogP contribution in [-0.4, -0.2) is 4.92 Å². The first-order valence-electron chi connectivity index (χ1n) is 7.71. The van der Waals surface area contributed by atoms with Gasteiger partial charge in [0.05, 0.1) is 4.92 Å². The Hall–Kier alpha value is -3.22. The second-order valence-corrected chi connectivity index (χ2v) is 5.55. The third-order valence-corrected chi connectivity index (χ3v) is 3.93. The molecule has 0 saturated heterocycles. The van der Waals surface area contributed by atoms with E-state index >= 15 is 0 Å². The van der Waals surface area contributed by atoms with Gasteiger partial charge in [0, 0.05) is 29.8 Å². The van der Waals surface area contributed by atoms with E-state index in [9.17, 15) is 19.3 Å². The number of hydrogen-bond donors (Lipinski definition) is 1. The lowest BCUT2D eigenvalue weighted by Gasteiger charge is -2.09. The standard InChI is InChI=1S/C18H15FN2O4/c1-2-11-3-5-14-12(8-18(22)25-17(14)7-11)10-20-13-4-6-15(19)16(9-13)21(23)24/h3-9,20H,2,10H2,1H3. The highest BCUT2D eigenvalue weighted by Gasteiger charge is 2.14. The molecule has 25 heavy (non-hydrogen) atoms. The minimum atomic E-state index is -0.895. The quantitative estimate of drug-likeness (QED) is 0.430. The van der Waals surface area contributed by atoms with Crippen molar-refractivity contribution in [2.45, 2.75) is 19.9 Å². The molecule has 128 valence electrons. The first-order chi connectivity index (χ1) is 12.0. The third kappa shape index (κ3) is 3.50. The maximum Gasteiger partial charge on any atom is 0.336 e. The van der Waals surface area contributed by atoms with Crippen LogP contribution in [0.1, 0.15) is 18.1 Å². The van der Waals surface area contributed by atoms with Gasteiger partial charge in [0.1, 0.15) is 5.58 Å². The molecule has 0 saturated carbocycles. The van der Waals surface area contributed by atoms with Crippen molar-refractivity contribution in [3.63, 3.8) is 0 Å². The zero-order chi connectivity index (χ0) is 18.0. The van der Waals surface area contributed by atoms with Crippen molar-refractivity contribution in [1.29, 1.82) is 0 Å². The molecule has 2 aromatic carbocycles. The first-order valence-corrected chi connectivity index (χ1v) is 7.71. The van der Waals surface area contributed by atoms with Crippen molar-refractivity contribution in [1.82, 2.24) is 0 Å². The number of nitrogens with zero attached hydrogens (tertiary/aromatic N) is 1. The van der Waals surface area contributed by atoms with Gasteiger partial charge in [-0.3, -0.25) is 10.1 Å². The second-order valence-electron chi connectivity index (χ2n) is 5.55. The van der Waals surface area contributed by atoms with Gasteiger partial charge in [-0.1, -0.05) is 19.1 Å². The van der Waals surface area contributed by atoms with Crippen LogP contribution in [0.2, 0.25) is 0 Å². The molecule has 0 aliphatic carbocycles. The van der Waals surface area contributed by atoms with Gasteiger partial charge >= 0.3 is 11.3 Å². The topological polar surface area (TPSA) is 85.4 Å². The molecule has 0 atom stereocenters. The van der Waals surface area contributed by atoms with Gasteiger partial charge in [-0.2, -0.15) is 4.39 Å². The normalized spacial score (nSPS) is 10.8. The Morgan fingerprint density at radius 2 is 2.00 bits per heavy atom. The molecular formula is C18H15FN2O4. The van der Waals surface area contributed by atoms with E-state index in [-0.39, 0.29) is 6.54 Å². The number of nitro benzene ring substituents is 1. The maximum atomic E-state index is 13.4. The SMILES string of the molecule is CCc1ccc2c(CNc3ccc(F)c([N+](=O)[O-])c3)cc(=O)oc2c1. The summed E-state index contributed by atoms with van der Waals surface area (Å²) < 4.78 is 18.6. The number of benzene rings is 2. The Morgan fingerprint density at radius 3 is 2.72 bits per heavy atom. The van der Waals surface area contributed by atoms with Gasteiger partial charge in [0.25, 0.3) is 0 Å². The van der Waals surface area contributed by atoms with E-state index in [1.165, 1.54) is 12.1 Å². The van der Waals surface area contributed by atoms with Crippen molar-refractivity contribution in [3.05, 3.63) is 79.9 Å². The summed E-state index contributed by atoms with van der Waals surface area (Å²) in [6.45, 7) is 2.25. The van der Waals surface area contributed by atoms with E-state index < -0.39 is 22.1 Å². The van der Waals surface area contributed by atoms with Crippen molar-refractivity contribution in [2.24, 2.45) is 0 Å². The molecule has 3 aromatic rings. The summed E-state index contributed by atoms with van der Waals surface area (Å²) in [7, 11) is 0. The molecule has 0 aliphatic rings. The van der Waals surface area contributed by atoms with E-state index in [0.29, 0.717) is 16.8 Å². The fourth-order valence-corrected chi connectivity index (χ4v) is 2.60. The molecule has 6 nitrogen and oxygen atoms in total. The molecule has 1 heterocycles. The summed E-state index contributed by atoms with van der Waals surface area (Å²) >= 11 is 0. The summed E-state index contributed by atoms with van der Waals surface area (Å²) in [5.74, 6) is -0.895. The van der Waals surface area contributed by atoms with E-state index in [4.69, 9.17) is 4.42 Å². The predicted molar refractivity (Wildman–Crippen MR) is 92.2 cm³/mol. The smallest absolute Gasteiger partial charge is 0.336 e. The van der Waals surface area contributed by atoms with Crippen molar-refractivity contribution >= 4 is 22.3 Å². The van der Waals surface area contributed by atoms with E-state index in [2.05, 4.69) is 5.32 Å². The molecule has 0 aliphatic heterocycles. The van der Waals surface area contributed by atoms with E-state index in [1.54, 1.807) is 0 Å². The van der Waals surface area contributed by atoms with Gasteiger partial charge in [-0.15, -0.1) is 0 Å². The number of anilines is 1. The third-order valence-electron chi connectivity index (χ3n) is 3.93. The summed E-state index contributed by atoms with van der Waals surface area (Å²) in [6.07, 6.45) is 0.821. The lowest BCUT2D eigenvalue weighted by molar-refractivity contribution is -0.387. The molecule has 0 fully saturated rings. The van der Waals surface area contributed by atoms with E-state index in [0.717, 1.165) is 29.5 Å². The molecule has 0 unspecified atom stereocenters. The Kier molecular flexibility index (Phi) is 4.47. The summed E-state index contributed by atoms with van der Waals surface area (Å²) in [6, 6.07) is 10.6. The monoisotopic (exact) mass is 342 g/mol. The Balaban J connectivity index is 1.92. The number of nitro groups is 1. The number of halogens is 1. The van der Waals surface area contributed by atoms with Crippen molar-refractivity contribution in [2.75, 3.05) is 5.32 Å². The number of hydrogen-bond acceptors (Lipinski definition) is 5. The molecule has 3 rings (SSSR count). The molecule has 1 N–H and O–H groups in total. The number of rotatable bonds is 5. The summed E-state index contributed by atoms with van der Waals surface area (Å²) in [4.78, 5) is 21.8. The van der Waals surface area contributed by atoms with Gasteiger partial charge in [0.15, 0.2) is 0 Å². The van der Waals surface area contributed by atoms with Gasteiger partial charge in [-0.05, 0) is 35.7 Å². The average molecular weight is 342 g/mol. The van der Waals surface area contributed by atoms with Crippen LogP contribution in [0.5, 0.6) is 0 Å². The zero-order valence-corrected chi connectivity index (χ0v) is 13.4. The highest BCUT2D eigenvalue weighted by Crippen LogP contribution is 2.24. The summed E-state index contributed by atoms with van der Waals surface area (Å²) in [5, 5.41) is 14.6. The Bertz CT molecular complexity index is 1010. The largest absolute Gasteiger partial charge is 0.423 e. The maximum absolute atomic E-state index is 13.4. The highest BCUT2D eigenvalue weighted by molar-refractivity contribution is 5.81. The van der Waals surface area contributed by atoms with Crippen LogP contribution in [0.4, 0.5) is 15.8 Å². The van der Waals surface area contributed by atoms with Gasteiger partial charge in [0.2, 0.25) is 5.82 Å². The number of aryl methyl sites for hydroxylation is 1. The number of nitrogens with one attached hydrogen (secondary N) is 1. The van der Waals surface area contributed by atoms with Crippen LogP contribution in [0, 0.1) is 15.9 Å². The minimum Gasteiger partial charge on any atom is -0.423 e. The molecule has 1 aromatic heterocycles. The van der Waals surface area contributed by atoms with Crippen LogP contribution < -0.4 is 10.9 Å². The molecule has 0 radical (unpaired) electrons. The van der Waals surface area contributed by atoms with Crippen LogP contribution in [0.25, 0.3) is 11.0 Å². The van der Waals surface area contributed by atoms with Crippen LogP contribution >= 0.6 is 0 Å². The lowest BCUT2D eigenvalue weighted by atomic mass is 10.1. The van der Waals surface area contributed by atoms with Crippen LogP contribution in [0.3, 0.4) is 0 Å². The molecule has 0 spiro atoms. The fraction of sp³-hybridized carbons (Fsp3) is 0.167. The van der Waals surface area contributed by atoms with E-state index in [1.807, 2.05) is 25.1 Å². The highest BCUT2D eigenvalue weighted by atomic mass is 19.1. The Labute approximate surface area is 142 Å². The first kappa shape index (κ1) is 16.6. The van der Waals surface area contributed by atoms with Crippen molar-refractivity contribution in [3.8, 4) is 0 Å². The van der Waals surface area contributed by atoms with Gasteiger partial charge in [-0.25, -0.2) is 4.79 Å². The lowest BCUT2D eigenvalue weighted by Crippen LogP contribution is -2.06. The Morgan fingerprint density at radius 1 is 1.20 bits per heavy atom. The molecular weight excluding hydrogens is 327 g/mol. The molecule has 0 bridgehead atoms. The second kappa shape index (κ2) is 6.72. The summed E-state index contributed by atoms with van der Waals surface area (Å²) in [5.41, 5.74) is 1.56. The predicted octanol–water partition coefficient (Wildman–Crippen LogP) is 4.01. The zero-order valence-electron chi connectivity index (χ0n) is 13.4. The van der Waals surface area contributed by atoms with Crippen LogP contribution in [-0.2, 0) is 13.0 Å². The number of fused-ring (bicyclic) bond motifs is 1. The van der Waals surface area contributed by atoms with Crippen LogP contribution in [0.15, 0.2) is 51.7 Å². The average Bonchev–Trinajstić information content (AvgIpc) is 2.59. The van der Waals surface area contributed by atoms with Gasteiger partial charge < -0.3 is 9.73 Å². The minimum absolute atomic E-state index is 0.246. The fourth-order valence-electron chi connectivity index (χ4n) is 2.60.